The van der Waals surface area contributed by atoms with Crippen LogP contribution in [0.3, 0.4) is 0 Å². The van der Waals surface area contributed by atoms with Gasteiger partial charge in [0.1, 0.15) is 17.3 Å². The molecule has 0 fully saturated rings. The van der Waals surface area contributed by atoms with E-state index in [0.29, 0.717) is 11.3 Å². The minimum absolute atomic E-state index is 0.0237. The van der Waals surface area contributed by atoms with Gasteiger partial charge in [-0.3, -0.25) is 4.79 Å². The summed E-state index contributed by atoms with van der Waals surface area (Å²) in [7, 11) is 1.58. The molecule has 0 aliphatic rings. The first kappa shape index (κ1) is 11.6. The molecule has 0 saturated heterocycles. The lowest BCUT2D eigenvalue weighted by Crippen LogP contribution is -2.00. The zero-order valence-corrected chi connectivity index (χ0v) is 9.55. The summed E-state index contributed by atoms with van der Waals surface area (Å²) in [4.78, 5) is 11.0. The first-order valence-electron chi connectivity index (χ1n) is 4.82. The SMILES string of the molecule is COc1cc(CC(C)=O)c(O)c(C)c1C. The molecule has 1 aromatic carbocycles. The van der Waals surface area contributed by atoms with Crippen LogP contribution >= 0.6 is 0 Å². The maximum absolute atomic E-state index is 11.0. The van der Waals surface area contributed by atoms with Crippen LogP contribution in [-0.4, -0.2) is 18.0 Å². The maximum Gasteiger partial charge on any atom is 0.134 e. The van der Waals surface area contributed by atoms with Gasteiger partial charge >= 0.3 is 0 Å². The van der Waals surface area contributed by atoms with E-state index in [0.717, 1.165) is 11.1 Å². The molecule has 0 bridgehead atoms. The van der Waals surface area contributed by atoms with Gasteiger partial charge in [0.25, 0.3) is 0 Å². The summed E-state index contributed by atoms with van der Waals surface area (Å²) < 4.78 is 5.18. The predicted molar refractivity (Wildman–Crippen MR) is 58.5 cm³/mol. The standard InChI is InChI=1S/C12H16O3/c1-7(13)5-10-6-11(15-4)8(2)9(3)12(10)14/h6,14H,5H2,1-4H3. The molecule has 0 heterocycles. The van der Waals surface area contributed by atoms with Gasteiger partial charge in [-0.05, 0) is 38.0 Å². The van der Waals surface area contributed by atoms with Crippen LogP contribution < -0.4 is 4.74 Å². The monoisotopic (exact) mass is 208 g/mol. The van der Waals surface area contributed by atoms with Crippen molar-refractivity contribution in [1.29, 1.82) is 0 Å². The second-order valence-corrected chi connectivity index (χ2v) is 3.72. The van der Waals surface area contributed by atoms with E-state index in [2.05, 4.69) is 0 Å². The number of ketones is 1. The van der Waals surface area contributed by atoms with Gasteiger partial charge < -0.3 is 9.84 Å². The Kier molecular flexibility index (Phi) is 3.35. The molecule has 0 aliphatic heterocycles. The normalized spacial score (nSPS) is 10.1. The Morgan fingerprint density at radius 1 is 1.40 bits per heavy atom. The molecule has 15 heavy (non-hydrogen) atoms. The number of hydrogen-bond acceptors (Lipinski definition) is 3. The van der Waals surface area contributed by atoms with Crippen LogP contribution in [0.5, 0.6) is 11.5 Å². The maximum atomic E-state index is 11.0. The van der Waals surface area contributed by atoms with Gasteiger partial charge in [-0.15, -0.1) is 0 Å². The molecule has 0 atom stereocenters. The number of Topliss-reactive ketones (excluding diaryl/α,β-unsaturated/α-hetero) is 1. The van der Waals surface area contributed by atoms with Gasteiger partial charge in [0, 0.05) is 12.0 Å². The zero-order chi connectivity index (χ0) is 11.6. The number of rotatable bonds is 3. The van der Waals surface area contributed by atoms with Crippen molar-refractivity contribution < 1.29 is 14.6 Å². The van der Waals surface area contributed by atoms with Crippen molar-refractivity contribution >= 4 is 5.78 Å². The molecule has 82 valence electrons. The smallest absolute Gasteiger partial charge is 0.134 e. The van der Waals surface area contributed by atoms with Crippen LogP contribution in [0.2, 0.25) is 0 Å². The van der Waals surface area contributed by atoms with Crippen molar-refractivity contribution in [3.8, 4) is 11.5 Å². The van der Waals surface area contributed by atoms with Crippen LogP contribution in [0.1, 0.15) is 23.6 Å². The molecule has 1 aromatic rings. The molecule has 0 radical (unpaired) electrons. The Hall–Kier alpha value is -1.51. The highest BCUT2D eigenvalue weighted by atomic mass is 16.5. The summed E-state index contributed by atoms with van der Waals surface area (Å²) in [5.41, 5.74) is 2.30. The van der Waals surface area contributed by atoms with Gasteiger partial charge in [-0.2, -0.15) is 0 Å². The third-order valence-corrected chi connectivity index (χ3v) is 2.56. The Morgan fingerprint density at radius 3 is 2.47 bits per heavy atom. The van der Waals surface area contributed by atoms with Crippen molar-refractivity contribution in [1.82, 2.24) is 0 Å². The number of phenolic OH excluding ortho intramolecular Hbond substituents is 1. The molecule has 0 aromatic heterocycles. The van der Waals surface area contributed by atoms with E-state index >= 15 is 0 Å². The summed E-state index contributed by atoms with van der Waals surface area (Å²) in [6.45, 7) is 5.20. The second-order valence-electron chi connectivity index (χ2n) is 3.72. The Morgan fingerprint density at radius 2 is 2.00 bits per heavy atom. The van der Waals surface area contributed by atoms with Gasteiger partial charge in [0.05, 0.1) is 7.11 Å². The quantitative estimate of drug-likeness (QED) is 0.827. The lowest BCUT2D eigenvalue weighted by Gasteiger charge is -2.13. The van der Waals surface area contributed by atoms with E-state index < -0.39 is 0 Å². The highest BCUT2D eigenvalue weighted by molar-refractivity contribution is 5.79. The molecule has 3 heteroatoms. The minimum atomic E-state index is 0.0237. The Labute approximate surface area is 89.7 Å². The number of carbonyl (C=O) groups is 1. The van der Waals surface area contributed by atoms with Crippen molar-refractivity contribution in [3.05, 3.63) is 22.8 Å². The molecule has 0 saturated carbocycles. The van der Waals surface area contributed by atoms with E-state index in [9.17, 15) is 9.90 Å². The highest BCUT2D eigenvalue weighted by Gasteiger charge is 2.13. The van der Waals surface area contributed by atoms with Crippen LogP contribution in [0.25, 0.3) is 0 Å². The first-order valence-corrected chi connectivity index (χ1v) is 4.82. The number of aromatic hydroxyl groups is 1. The highest BCUT2D eigenvalue weighted by Crippen LogP contribution is 2.32. The minimum Gasteiger partial charge on any atom is -0.507 e. The Bertz CT molecular complexity index is 394. The zero-order valence-electron chi connectivity index (χ0n) is 9.55. The molecule has 0 aliphatic carbocycles. The van der Waals surface area contributed by atoms with E-state index in [1.807, 2.05) is 13.8 Å². The lowest BCUT2D eigenvalue weighted by molar-refractivity contribution is -0.116. The van der Waals surface area contributed by atoms with Crippen LogP contribution in [-0.2, 0) is 11.2 Å². The molecule has 0 spiro atoms. The largest absolute Gasteiger partial charge is 0.507 e. The molecule has 0 amide bonds. The number of hydrogen-bond donors (Lipinski definition) is 1. The molecule has 0 unspecified atom stereocenters. The Balaban J connectivity index is 3.28. The van der Waals surface area contributed by atoms with E-state index in [1.54, 1.807) is 13.2 Å². The van der Waals surface area contributed by atoms with Crippen LogP contribution in [0.15, 0.2) is 6.07 Å². The van der Waals surface area contributed by atoms with Gasteiger partial charge in [-0.25, -0.2) is 0 Å². The molecular weight excluding hydrogens is 192 g/mol. The van der Waals surface area contributed by atoms with Crippen molar-refractivity contribution in [2.24, 2.45) is 0 Å². The van der Waals surface area contributed by atoms with Crippen LogP contribution in [0.4, 0.5) is 0 Å². The summed E-state index contributed by atoms with van der Waals surface area (Å²) in [6, 6.07) is 1.72. The summed E-state index contributed by atoms with van der Waals surface area (Å²) in [5, 5.41) is 9.84. The molecule has 3 nitrogen and oxygen atoms in total. The summed E-state index contributed by atoms with van der Waals surface area (Å²) >= 11 is 0. The number of benzene rings is 1. The van der Waals surface area contributed by atoms with Crippen molar-refractivity contribution in [2.75, 3.05) is 7.11 Å². The first-order chi connectivity index (χ1) is 6.97. The number of ether oxygens (including phenoxy) is 1. The van der Waals surface area contributed by atoms with Gasteiger partial charge in [0.2, 0.25) is 0 Å². The third-order valence-electron chi connectivity index (χ3n) is 2.56. The number of phenols is 1. The number of methoxy groups -OCH3 is 1. The second kappa shape index (κ2) is 4.34. The summed E-state index contributed by atoms with van der Waals surface area (Å²) in [6.07, 6.45) is 0.239. The van der Waals surface area contributed by atoms with E-state index in [4.69, 9.17) is 4.74 Å². The van der Waals surface area contributed by atoms with Crippen LogP contribution in [0, 0.1) is 13.8 Å². The summed E-state index contributed by atoms with van der Waals surface area (Å²) in [5.74, 6) is 0.931. The fourth-order valence-electron chi connectivity index (χ4n) is 1.55. The van der Waals surface area contributed by atoms with Gasteiger partial charge in [0.15, 0.2) is 0 Å². The van der Waals surface area contributed by atoms with Crippen molar-refractivity contribution in [3.63, 3.8) is 0 Å². The average molecular weight is 208 g/mol. The van der Waals surface area contributed by atoms with E-state index in [-0.39, 0.29) is 18.0 Å². The fourth-order valence-corrected chi connectivity index (χ4v) is 1.55. The average Bonchev–Trinajstić information content (AvgIpc) is 2.18. The predicted octanol–water partition coefficient (Wildman–Crippen LogP) is 2.15. The number of carbonyl (C=O) groups excluding carboxylic acids is 1. The van der Waals surface area contributed by atoms with Gasteiger partial charge in [-0.1, -0.05) is 0 Å². The molecule has 1 rings (SSSR count). The topological polar surface area (TPSA) is 46.5 Å². The van der Waals surface area contributed by atoms with E-state index in [1.165, 1.54) is 6.92 Å². The molecular formula is C12H16O3. The third kappa shape index (κ3) is 2.29. The molecule has 1 N–H and O–H groups in total. The lowest BCUT2D eigenvalue weighted by atomic mass is 10.00. The van der Waals surface area contributed by atoms with Crippen molar-refractivity contribution in [2.45, 2.75) is 27.2 Å². The fraction of sp³-hybridized carbons (Fsp3) is 0.417.